The first-order chi connectivity index (χ1) is 8.68. The highest BCUT2D eigenvalue weighted by atomic mass is 16.4. The number of aliphatic carboxylic acids is 1. The fourth-order valence-corrected chi connectivity index (χ4v) is 2.39. The van der Waals surface area contributed by atoms with Crippen LogP contribution in [0.25, 0.3) is 0 Å². The molecule has 0 radical (unpaired) electrons. The summed E-state index contributed by atoms with van der Waals surface area (Å²) in [5.41, 5.74) is 0.470. The predicted molar refractivity (Wildman–Crippen MR) is 64.1 cm³/mol. The number of piperidine rings is 1. The smallest absolute Gasteiger partial charge is 0.303 e. The first kappa shape index (κ1) is 12.6. The van der Waals surface area contributed by atoms with E-state index in [0.717, 1.165) is 19.3 Å². The largest absolute Gasteiger partial charge is 0.481 e. The summed E-state index contributed by atoms with van der Waals surface area (Å²) in [6, 6.07) is 0.0330. The van der Waals surface area contributed by atoms with Crippen molar-refractivity contribution in [1.29, 1.82) is 0 Å². The van der Waals surface area contributed by atoms with Crippen molar-refractivity contribution in [2.45, 2.75) is 38.1 Å². The SMILES string of the molecule is O=C(O)CCC1CCCCN1C(=O)c1cnc[nH]1. The maximum atomic E-state index is 12.2. The molecule has 6 nitrogen and oxygen atoms in total. The molecule has 2 rings (SSSR count). The number of carbonyl (C=O) groups is 2. The number of nitrogens with one attached hydrogen (secondary N) is 1. The van der Waals surface area contributed by atoms with Crippen molar-refractivity contribution < 1.29 is 14.7 Å². The molecule has 0 aromatic carbocycles. The van der Waals surface area contributed by atoms with Gasteiger partial charge in [-0.1, -0.05) is 0 Å². The predicted octanol–water partition coefficient (Wildman–Crippen LogP) is 1.27. The molecule has 98 valence electrons. The lowest BCUT2D eigenvalue weighted by Gasteiger charge is -2.35. The van der Waals surface area contributed by atoms with Gasteiger partial charge in [0.05, 0.1) is 12.5 Å². The Bertz CT molecular complexity index is 416. The summed E-state index contributed by atoms with van der Waals surface area (Å²) in [7, 11) is 0. The van der Waals surface area contributed by atoms with E-state index in [4.69, 9.17) is 5.11 Å². The van der Waals surface area contributed by atoms with Crippen molar-refractivity contribution in [3.8, 4) is 0 Å². The van der Waals surface area contributed by atoms with Crippen molar-refractivity contribution in [1.82, 2.24) is 14.9 Å². The highest BCUT2D eigenvalue weighted by Crippen LogP contribution is 2.22. The number of carboxylic acid groups (broad SMARTS) is 1. The Kier molecular flexibility index (Phi) is 3.96. The molecular formula is C12H17N3O3. The van der Waals surface area contributed by atoms with Crippen LogP contribution in [0.2, 0.25) is 0 Å². The maximum Gasteiger partial charge on any atom is 0.303 e. The Hall–Kier alpha value is -1.85. The second kappa shape index (κ2) is 5.66. The maximum absolute atomic E-state index is 12.2. The fourth-order valence-electron chi connectivity index (χ4n) is 2.39. The molecule has 1 amide bonds. The molecule has 1 aromatic heterocycles. The van der Waals surface area contributed by atoms with Gasteiger partial charge >= 0.3 is 5.97 Å². The van der Waals surface area contributed by atoms with Crippen LogP contribution in [0.3, 0.4) is 0 Å². The van der Waals surface area contributed by atoms with E-state index in [1.165, 1.54) is 12.5 Å². The summed E-state index contributed by atoms with van der Waals surface area (Å²) < 4.78 is 0. The van der Waals surface area contributed by atoms with Gasteiger partial charge in [0.1, 0.15) is 5.69 Å². The molecule has 0 aliphatic carbocycles. The van der Waals surface area contributed by atoms with Gasteiger partial charge in [0, 0.05) is 19.0 Å². The molecule has 1 saturated heterocycles. The van der Waals surface area contributed by atoms with Gasteiger partial charge in [-0.05, 0) is 25.7 Å². The van der Waals surface area contributed by atoms with Crippen molar-refractivity contribution >= 4 is 11.9 Å². The van der Waals surface area contributed by atoms with E-state index in [1.54, 1.807) is 4.90 Å². The zero-order chi connectivity index (χ0) is 13.0. The monoisotopic (exact) mass is 251 g/mol. The van der Waals surface area contributed by atoms with Crippen LogP contribution in [-0.2, 0) is 4.79 Å². The summed E-state index contributed by atoms with van der Waals surface area (Å²) in [6.07, 6.45) is 6.52. The van der Waals surface area contributed by atoms with Crippen LogP contribution >= 0.6 is 0 Å². The average molecular weight is 251 g/mol. The molecule has 0 spiro atoms. The molecule has 6 heteroatoms. The number of nitrogens with zero attached hydrogens (tertiary/aromatic N) is 2. The van der Waals surface area contributed by atoms with Gasteiger partial charge in [-0.2, -0.15) is 0 Å². The van der Waals surface area contributed by atoms with Gasteiger partial charge in [0.2, 0.25) is 0 Å². The van der Waals surface area contributed by atoms with E-state index in [2.05, 4.69) is 9.97 Å². The third-order valence-electron chi connectivity index (χ3n) is 3.31. The highest BCUT2D eigenvalue weighted by molar-refractivity contribution is 5.92. The van der Waals surface area contributed by atoms with Crippen molar-refractivity contribution in [2.24, 2.45) is 0 Å². The number of rotatable bonds is 4. The number of hydrogen-bond donors (Lipinski definition) is 2. The number of carbonyl (C=O) groups excluding carboxylic acids is 1. The number of carboxylic acids is 1. The van der Waals surface area contributed by atoms with E-state index in [1.807, 2.05) is 0 Å². The number of likely N-dealkylation sites (tertiary alicyclic amines) is 1. The van der Waals surface area contributed by atoms with E-state index in [9.17, 15) is 9.59 Å². The molecule has 18 heavy (non-hydrogen) atoms. The Morgan fingerprint density at radius 2 is 2.33 bits per heavy atom. The lowest BCUT2D eigenvalue weighted by Crippen LogP contribution is -2.44. The Balaban J connectivity index is 2.03. The quantitative estimate of drug-likeness (QED) is 0.843. The second-order valence-electron chi connectivity index (χ2n) is 4.55. The molecular weight excluding hydrogens is 234 g/mol. The number of imidazole rings is 1. The molecule has 2 heterocycles. The molecule has 1 aromatic rings. The van der Waals surface area contributed by atoms with E-state index >= 15 is 0 Å². The van der Waals surface area contributed by atoms with Crippen molar-refractivity contribution in [3.63, 3.8) is 0 Å². The Labute approximate surface area is 105 Å². The first-order valence-corrected chi connectivity index (χ1v) is 6.19. The molecule has 0 saturated carbocycles. The number of aromatic nitrogens is 2. The van der Waals surface area contributed by atoms with Crippen LogP contribution in [0.15, 0.2) is 12.5 Å². The van der Waals surface area contributed by atoms with Crippen LogP contribution in [0.4, 0.5) is 0 Å². The van der Waals surface area contributed by atoms with Crippen molar-refractivity contribution in [2.75, 3.05) is 6.54 Å². The topological polar surface area (TPSA) is 86.3 Å². The minimum absolute atomic E-state index is 0.0330. The van der Waals surface area contributed by atoms with E-state index < -0.39 is 5.97 Å². The minimum atomic E-state index is -0.811. The van der Waals surface area contributed by atoms with Crippen LogP contribution in [0, 0.1) is 0 Å². The van der Waals surface area contributed by atoms with Gasteiger partial charge in [-0.25, -0.2) is 4.98 Å². The minimum Gasteiger partial charge on any atom is -0.481 e. The third kappa shape index (κ3) is 2.88. The normalized spacial score (nSPS) is 19.8. The lowest BCUT2D eigenvalue weighted by molar-refractivity contribution is -0.137. The summed E-state index contributed by atoms with van der Waals surface area (Å²) in [6.45, 7) is 0.697. The van der Waals surface area contributed by atoms with Gasteiger partial charge in [-0.3, -0.25) is 9.59 Å². The second-order valence-corrected chi connectivity index (χ2v) is 4.55. The van der Waals surface area contributed by atoms with Crippen LogP contribution in [0.1, 0.15) is 42.6 Å². The number of aromatic amines is 1. The Morgan fingerprint density at radius 3 is 3.00 bits per heavy atom. The number of H-pyrrole nitrogens is 1. The lowest BCUT2D eigenvalue weighted by atomic mass is 9.97. The summed E-state index contributed by atoms with van der Waals surface area (Å²) in [5, 5.41) is 8.73. The molecule has 1 aliphatic rings. The summed E-state index contributed by atoms with van der Waals surface area (Å²) in [5.74, 6) is -0.892. The van der Waals surface area contributed by atoms with Gasteiger partial charge in [-0.15, -0.1) is 0 Å². The highest BCUT2D eigenvalue weighted by Gasteiger charge is 2.28. The third-order valence-corrected chi connectivity index (χ3v) is 3.31. The van der Waals surface area contributed by atoms with E-state index in [0.29, 0.717) is 18.7 Å². The molecule has 0 bridgehead atoms. The van der Waals surface area contributed by atoms with Crippen LogP contribution < -0.4 is 0 Å². The van der Waals surface area contributed by atoms with E-state index in [-0.39, 0.29) is 18.4 Å². The first-order valence-electron chi connectivity index (χ1n) is 6.19. The van der Waals surface area contributed by atoms with Crippen molar-refractivity contribution in [3.05, 3.63) is 18.2 Å². The van der Waals surface area contributed by atoms with Crippen LogP contribution in [-0.4, -0.2) is 44.4 Å². The molecule has 1 aliphatic heterocycles. The summed E-state index contributed by atoms with van der Waals surface area (Å²) >= 11 is 0. The standard InChI is InChI=1S/C12H17N3O3/c16-11(17)5-4-9-3-1-2-6-15(9)12(18)10-7-13-8-14-10/h7-9H,1-6H2,(H,13,14)(H,16,17). The number of hydrogen-bond acceptors (Lipinski definition) is 3. The number of amides is 1. The summed E-state index contributed by atoms with van der Waals surface area (Å²) in [4.78, 5) is 31.3. The molecule has 2 N–H and O–H groups in total. The molecule has 1 atom stereocenters. The average Bonchev–Trinajstić information content (AvgIpc) is 2.89. The van der Waals surface area contributed by atoms with Gasteiger partial charge in [0.25, 0.3) is 5.91 Å². The zero-order valence-electron chi connectivity index (χ0n) is 10.1. The molecule has 1 fully saturated rings. The van der Waals surface area contributed by atoms with Gasteiger partial charge < -0.3 is 15.0 Å². The van der Waals surface area contributed by atoms with Crippen LogP contribution in [0.5, 0.6) is 0 Å². The van der Waals surface area contributed by atoms with Gasteiger partial charge in [0.15, 0.2) is 0 Å². The zero-order valence-corrected chi connectivity index (χ0v) is 10.1. The fraction of sp³-hybridized carbons (Fsp3) is 0.583. The molecule has 1 unspecified atom stereocenters. The Morgan fingerprint density at radius 1 is 1.50 bits per heavy atom.